The second kappa shape index (κ2) is 4.93. The van der Waals surface area contributed by atoms with E-state index in [1.54, 1.807) is 11.4 Å². The van der Waals surface area contributed by atoms with Crippen LogP contribution in [0.4, 0.5) is 5.00 Å². The Balaban J connectivity index is 2.68. The van der Waals surface area contributed by atoms with Crippen LogP contribution in [-0.4, -0.2) is 17.0 Å². The highest BCUT2D eigenvalue weighted by Gasteiger charge is 2.05. The summed E-state index contributed by atoms with van der Waals surface area (Å²) in [6.07, 6.45) is 1.62. The maximum Gasteiger partial charge on any atom is 0.328 e. The molecule has 6 heteroatoms. The summed E-state index contributed by atoms with van der Waals surface area (Å²) >= 11 is 1.20. The molecular weight excluding hydrogens is 216 g/mol. The van der Waals surface area contributed by atoms with Gasteiger partial charge in [-0.1, -0.05) is 0 Å². The summed E-state index contributed by atoms with van der Waals surface area (Å²) in [4.78, 5) is 21.2. The van der Waals surface area contributed by atoms with E-state index in [0.717, 1.165) is 12.2 Å². The van der Waals surface area contributed by atoms with Gasteiger partial charge in [-0.05, 0) is 11.4 Å². The number of carbonyl (C=O) groups is 2. The van der Waals surface area contributed by atoms with Gasteiger partial charge in [-0.3, -0.25) is 4.79 Å². The fraction of sp³-hybridized carbons (Fsp3) is 0. The number of nitrogens with zero attached hydrogens (tertiary/aromatic N) is 1. The van der Waals surface area contributed by atoms with E-state index in [1.165, 1.54) is 11.3 Å². The molecule has 1 aromatic rings. The molecule has 0 saturated carbocycles. The third kappa shape index (κ3) is 3.25. The van der Waals surface area contributed by atoms with Crippen LogP contribution >= 0.6 is 11.3 Å². The van der Waals surface area contributed by atoms with Gasteiger partial charge in [-0.2, -0.15) is 5.26 Å². The molecule has 0 bridgehead atoms. The van der Waals surface area contributed by atoms with Gasteiger partial charge in [0.05, 0.1) is 5.56 Å². The van der Waals surface area contributed by atoms with Gasteiger partial charge in [0.25, 0.3) is 0 Å². The summed E-state index contributed by atoms with van der Waals surface area (Å²) in [5.41, 5.74) is 0.358. The van der Waals surface area contributed by atoms with Crippen molar-refractivity contribution in [1.29, 1.82) is 5.26 Å². The molecule has 1 amide bonds. The van der Waals surface area contributed by atoms with Crippen molar-refractivity contribution in [3.8, 4) is 6.07 Å². The van der Waals surface area contributed by atoms with E-state index in [1.807, 2.05) is 6.07 Å². The topological polar surface area (TPSA) is 90.2 Å². The molecule has 0 aliphatic rings. The fourth-order valence-corrected chi connectivity index (χ4v) is 1.54. The zero-order valence-corrected chi connectivity index (χ0v) is 8.25. The van der Waals surface area contributed by atoms with Crippen LogP contribution in [-0.2, 0) is 9.59 Å². The van der Waals surface area contributed by atoms with Gasteiger partial charge in [-0.25, -0.2) is 4.79 Å². The monoisotopic (exact) mass is 222 g/mol. The maximum atomic E-state index is 11.1. The number of nitrogens with one attached hydrogen (secondary N) is 1. The summed E-state index contributed by atoms with van der Waals surface area (Å²) in [6.45, 7) is 0. The number of rotatable bonds is 3. The minimum atomic E-state index is -1.20. The maximum absolute atomic E-state index is 11.1. The molecule has 0 atom stereocenters. The Morgan fingerprint density at radius 1 is 1.53 bits per heavy atom. The first-order valence-electron chi connectivity index (χ1n) is 3.83. The van der Waals surface area contributed by atoms with E-state index in [2.05, 4.69) is 5.32 Å². The van der Waals surface area contributed by atoms with E-state index >= 15 is 0 Å². The molecule has 0 radical (unpaired) electrons. The van der Waals surface area contributed by atoms with Crippen molar-refractivity contribution in [3.05, 3.63) is 29.2 Å². The Bertz CT molecular complexity index is 456. The van der Waals surface area contributed by atoms with Crippen molar-refractivity contribution >= 4 is 28.2 Å². The molecule has 0 aliphatic heterocycles. The summed E-state index contributed by atoms with van der Waals surface area (Å²) in [5.74, 6) is -1.77. The van der Waals surface area contributed by atoms with Crippen molar-refractivity contribution in [3.63, 3.8) is 0 Å². The summed E-state index contributed by atoms with van der Waals surface area (Å²) < 4.78 is 0. The number of carbonyl (C=O) groups excluding carboxylic acids is 1. The lowest BCUT2D eigenvalue weighted by atomic mass is 10.3. The summed E-state index contributed by atoms with van der Waals surface area (Å²) in [7, 11) is 0. The molecule has 0 unspecified atom stereocenters. The minimum Gasteiger partial charge on any atom is -0.478 e. The molecule has 0 aromatic carbocycles. The van der Waals surface area contributed by atoms with Crippen LogP contribution in [0.15, 0.2) is 23.6 Å². The lowest BCUT2D eigenvalue weighted by Crippen LogP contribution is -2.08. The Kier molecular flexibility index (Phi) is 3.60. The number of anilines is 1. The first kappa shape index (κ1) is 10.9. The van der Waals surface area contributed by atoms with Gasteiger partial charge in [0.15, 0.2) is 0 Å². The summed E-state index contributed by atoms with van der Waals surface area (Å²) in [5, 5.41) is 21.4. The molecule has 76 valence electrons. The highest BCUT2D eigenvalue weighted by Crippen LogP contribution is 2.21. The van der Waals surface area contributed by atoms with Crippen molar-refractivity contribution in [1.82, 2.24) is 0 Å². The standard InChI is InChI=1S/C9H6N2O3S/c10-5-6-3-4-15-9(6)11-7(12)1-2-8(13)14/h1-4H,(H,11,12)(H,13,14). The average Bonchev–Trinajstić information content (AvgIpc) is 2.62. The second-order valence-corrected chi connectivity index (χ2v) is 3.35. The van der Waals surface area contributed by atoms with Crippen LogP contribution in [0.5, 0.6) is 0 Å². The second-order valence-electron chi connectivity index (χ2n) is 2.44. The minimum absolute atomic E-state index is 0.358. The van der Waals surface area contributed by atoms with E-state index < -0.39 is 11.9 Å². The number of nitriles is 1. The zero-order chi connectivity index (χ0) is 11.3. The molecule has 1 rings (SSSR count). The van der Waals surface area contributed by atoms with E-state index in [0.29, 0.717) is 10.6 Å². The van der Waals surface area contributed by atoms with E-state index in [4.69, 9.17) is 10.4 Å². The van der Waals surface area contributed by atoms with Crippen LogP contribution < -0.4 is 5.32 Å². The molecule has 5 nitrogen and oxygen atoms in total. The third-order valence-electron chi connectivity index (χ3n) is 1.40. The lowest BCUT2D eigenvalue weighted by Gasteiger charge is -1.97. The quantitative estimate of drug-likeness (QED) is 0.752. The molecule has 0 aliphatic carbocycles. The predicted octanol–water partition coefficient (Wildman–Crippen LogP) is 1.20. The Morgan fingerprint density at radius 2 is 2.27 bits per heavy atom. The number of aliphatic carboxylic acids is 1. The molecular formula is C9H6N2O3S. The molecule has 0 spiro atoms. The highest BCUT2D eigenvalue weighted by atomic mass is 32.1. The highest BCUT2D eigenvalue weighted by molar-refractivity contribution is 7.14. The van der Waals surface area contributed by atoms with Crippen molar-refractivity contribution in [2.24, 2.45) is 0 Å². The number of carboxylic acids is 1. The van der Waals surface area contributed by atoms with Gasteiger partial charge >= 0.3 is 5.97 Å². The van der Waals surface area contributed by atoms with Crippen molar-refractivity contribution in [2.45, 2.75) is 0 Å². The van der Waals surface area contributed by atoms with Gasteiger partial charge in [0.1, 0.15) is 11.1 Å². The van der Waals surface area contributed by atoms with Crippen molar-refractivity contribution < 1.29 is 14.7 Å². The molecule has 0 saturated heterocycles. The van der Waals surface area contributed by atoms with Gasteiger partial charge in [0, 0.05) is 12.2 Å². The lowest BCUT2D eigenvalue weighted by molar-refractivity contribution is -0.131. The first-order valence-corrected chi connectivity index (χ1v) is 4.71. The first-order chi connectivity index (χ1) is 7.13. The summed E-state index contributed by atoms with van der Waals surface area (Å²) in [6, 6.07) is 3.47. The largest absolute Gasteiger partial charge is 0.478 e. The number of hydrogen-bond acceptors (Lipinski definition) is 4. The van der Waals surface area contributed by atoms with Gasteiger partial charge in [0.2, 0.25) is 5.91 Å². The molecule has 2 N–H and O–H groups in total. The van der Waals surface area contributed by atoms with Gasteiger partial charge < -0.3 is 10.4 Å². The molecule has 1 aromatic heterocycles. The number of carboxylic acid groups (broad SMARTS) is 1. The fourth-order valence-electron chi connectivity index (χ4n) is 0.795. The van der Waals surface area contributed by atoms with Crippen LogP contribution in [0.25, 0.3) is 0 Å². The number of amides is 1. The molecule has 1 heterocycles. The Labute approximate surface area is 89.3 Å². The Morgan fingerprint density at radius 3 is 2.87 bits per heavy atom. The van der Waals surface area contributed by atoms with Crippen LogP contribution in [0, 0.1) is 11.3 Å². The SMILES string of the molecule is N#Cc1ccsc1NC(=O)C=CC(=O)O. The molecule has 15 heavy (non-hydrogen) atoms. The molecule has 0 fully saturated rings. The zero-order valence-electron chi connectivity index (χ0n) is 7.43. The van der Waals surface area contributed by atoms with Gasteiger partial charge in [-0.15, -0.1) is 11.3 Å². The Hall–Kier alpha value is -2.13. The average molecular weight is 222 g/mol. The van der Waals surface area contributed by atoms with E-state index in [9.17, 15) is 9.59 Å². The van der Waals surface area contributed by atoms with Crippen LogP contribution in [0.1, 0.15) is 5.56 Å². The smallest absolute Gasteiger partial charge is 0.328 e. The van der Waals surface area contributed by atoms with Crippen molar-refractivity contribution in [2.75, 3.05) is 5.32 Å². The predicted molar refractivity (Wildman–Crippen MR) is 54.4 cm³/mol. The number of thiophene rings is 1. The number of hydrogen-bond donors (Lipinski definition) is 2. The van der Waals surface area contributed by atoms with E-state index in [-0.39, 0.29) is 0 Å². The van der Waals surface area contributed by atoms with Crippen LogP contribution in [0.2, 0.25) is 0 Å². The van der Waals surface area contributed by atoms with Crippen LogP contribution in [0.3, 0.4) is 0 Å². The third-order valence-corrected chi connectivity index (χ3v) is 2.23. The normalized spacial score (nSPS) is 9.80.